The van der Waals surface area contributed by atoms with Gasteiger partial charge in [0.05, 0.1) is 5.56 Å². The van der Waals surface area contributed by atoms with Gasteiger partial charge in [0, 0.05) is 10.7 Å². The van der Waals surface area contributed by atoms with Crippen molar-refractivity contribution in [2.24, 2.45) is 0 Å². The molecule has 2 aromatic carbocycles. The molecule has 1 amide bonds. The van der Waals surface area contributed by atoms with Gasteiger partial charge in [-0.1, -0.05) is 11.6 Å². The zero-order chi connectivity index (χ0) is 16.1. The molecule has 5 nitrogen and oxygen atoms in total. The minimum atomic E-state index is -1.01. The highest BCUT2D eigenvalue weighted by Gasteiger charge is 2.06. The lowest BCUT2D eigenvalue weighted by Gasteiger charge is -2.09. The Hall–Kier alpha value is -2.53. The number of halogens is 1. The van der Waals surface area contributed by atoms with Gasteiger partial charge in [0.2, 0.25) is 0 Å². The van der Waals surface area contributed by atoms with E-state index in [1.165, 1.54) is 24.3 Å². The number of aryl methyl sites for hydroxylation is 1. The predicted octanol–water partition coefficient (Wildman–Crippen LogP) is 3.36. The number of ether oxygens (including phenoxy) is 1. The van der Waals surface area contributed by atoms with Crippen molar-refractivity contribution >= 4 is 29.2 Å². The minimum Gasteiger partial charge on any atom is -0.484 e. The summed E-state index contributed by atoms with van der Waals surface area (Å²) in [5, 5.41) is 12.0. The largest absolute Gasteiger partial charge is 0.484 e. The van der Waals surface area contributed by atoms with E-state index in [1.54, 1.807) is 18.2 Å². The first kappa shape index (κ1) is 15.9. The Morgan fingerprint density at radius 3 is 2.45 bits per heavy atom. The number of carbonyl (C=O) groups is 2. The zero-order valence-electron chi connectivity index (χ0n) is 11.8. The van der Waals surface area contributed by atoms with Crippen molar-refractivity contribution in [3.05, 3.63) is 58.6 Å². The number of carboxylic acid groups (broad SMARTS) is 1. The Balaban J connectivity index is 1.89. The summed E-state index contributed by atoms with van der Waals surface area (Å²) in [5.41, 5.74) is 1.53. The van der Waals surface area contributed by atoms with Gasteiger partial charge in [0.25, 0.3) is 5.91 Å². The van der Waals surface area contributed by atoms with Gasteiger partial charge >= 0.3 is 5.97 Å². The smallest absolute Gasteiger partial charge is 0.335 e. The van der Waals surface area contributed by atoms with Gasteiger partial charge in [0.1, 0.15) is 5.75 Å². The molecule has 0 aromatic heterocycles. The van der Waals surface area contributed by atoms with Gasteiger partial charge in [-0.15, -0.1) is 0 Å². The number of carbonyl (C=O) groups excluding carboxylic acids is 1. The van der Waals surface area contributed by atoms with Gasteiger partial charge < -0.3 is 15.2 Å². The molecule has 114 valence electrons. The average molecular weight is 320 g/mol. The van der Waals surface area contributed by atoms with Crippen molar-refractivity contribution in [3.63, 3.8) is 0 Å². The van der Waals surface area contributed by atoms with Gasteiger partial charge in [0.15, 0.2) is 6.61 Å². The maximum Gasteiger partial charge on any atom is 0.335 e. The SMILES string of the molecule is Cc1cc(OCC(=O)Nc2ccc(C(=O)O)cc2)ccc1Cl. The third-order valence-corrected chi connectivity index (χ3v) is 3.34. The van der Waals surface area contributed by atoms with Crippen LogP contribution in [-0.2, 0) is 4.79 Å². The Bertz CT molecular complexity index is 698. The summed E-state index contributed by atoms with van der Waals surface area (Å²) in [7, 11) is 0. The third-order valence-electron chi connectivity index (χ3n) is 2.91. The summed E-state index contributed by atoms with van der Waals surface area (Å²) in [6.45, 7) is 1.70. The molecule has 0 spiro atoms. The molecule has 0 bridgehead atoms. The summed E-state index contributed by atoms with van der Waals surface area (Å²) >= 11 is 5.91. The summed E-state index contributed by atoms with van der Waals surface area (Å²) in [4.78, 5) is 22.5. The Morgan fingerprint density at radius 2 is 1.86 bits per heavy atom. The highest BCUT2D eigenvalue weighted by atomic mass is 35.5. The molecule has 0 aliphatic heterocycles. The van der Waals surface area contributed by atoms with Gasteiger partial charge in [-0.2, -0.15) is 0 Å². The summed E-state index contributed by atoms with van der Waals surface area (Å²) in [5.74, 6) is -0.798. The topological polar surface area (TPSA) is 75.6 Å². The van der Waals surface area contributed by atoms with Crippen molar-refractivity contribution < 1.29 is 19.4 Å². The lowest BCUT2D eigenvalue weighted by atomic mass is 10.2. The molecule has 0 saturated carbocycles. The van der Waals surface area contributed by atoms with E-state index in [1.807, 2.05) is 6.92 Å². The van der Waals surface area contributed by atoms with E-state index in [4.69, 9.17) is 21.4 Å². The Kier molecular flexibility index (Phi) is 5.01. The molecule has 0 atom stereocenters. The summed E-state index contributed by atoms with van der Waals surface area (Å²) in [6, 6.07) is 11.0. The van der Waals surface area contributed by atoms with E-state index in [0.29, 0.717) is 16.5 Å². The van der Waals surface area contributed by atoms with E-state index in [2.05, 4.69) is 5.32 Å². The van der Waals surface area contributed by atoms with Crippen LogP contribution in [-0.4, -0.2) is 23.6 Å². The van der Waals surface area contributed by atoms with E-state index >= 15 is 0 Å². The highest BCUT2D eigenvalue weighted by Crippen LogP contribution is 2.21. The fourth-order valence-electron chi connectivity index (χ4n) is 1.75. The number of hydrogen-bond acceptors (Lipinski definition) is 3. The number of hydrogen-bond donors (Lipinski definition) is 2. The van der Waals surface area contributed by atoms with Crippen molar-refractivity contribution in [2.45, 2.75) is 6.92 Å². The second-order valence-electron chi connectivity index (χ2n) is 4.63. The molecule has 0 unspecified atom stereocenters. The Labute approximate surface area is 132 Å². The van der Waals surface area contributed by atoms with Crippen molar-refractivity contribution in [1.82, 2.24) is 0 Å². The normalized spacial score (nSPS) is 10.1. The first-order chi connectivity index (χ1) is 10.5. The summed E-state index contributed by atoms with van der Waals surface area (Å²) in [6.07, 6.45) is 0. The molecule has 0 aliphatic carbocycles. The van der Waals surface area contributed by atoms with Crippen LogP contribution in [0, 0.1) is 6.92 Å². The molecule has 0 aliphatic rings. The maximum atomic E-state index is 11.8. The van der Waals surface area contributed by atoms with Crippen molar-refractivity contribution in [3.8, 4) is 5.75 Å². The van der Waals surface area contributed by atoms with Crippen molar-refractivity contribution in [2.75, 3.05) is 11.9 Å². The van der Waals surface area contributed by atoms with Crippen LogP contribution in [0.15, 0.2) is 42.5 Å². The molecule has 0 saturated heterocycles. The van der Waals surface area contributed by atoms with E-state index in [0.717, 1.165) is 5.56 Å². The molecule has 2 N–H and O–H groups in total. The van der Waals surface area contributed by atoms with Crippen molar-refractivity contribution in [1.29, 1.82) is 0 Å². The highest BCUT2D eigenvalue weighted by molar-refractivity contribution is 6.31. The fourth-order valence-corrected chi connectivity index (χ4v) is 1.87. The first-order valence-electron chi connectivity index (χ1n) is 6.48. The molecule has 0 radical (unpaired) electrons. The maximum absolute atomic E-state index is 11.8. The van der Waals surface area contributed by atoms with E-state index in [-0.39, 0.29) is 18.1 Å². The van der Waals surface area contributed by atoms with Gasteiger partial charge in [-0.3, -0.25) is 4.79 Å². The number of anilines is 1. The number of carboxylic acids is 1. The van der Waals surface area contributed by atoms with Crippen LogP contribution < -0.4 is 10.1 Å². The number of rotatable bonds is 5. The molecule has 2 aromatic rings. The molecule has 22 heavy (non-hydrogen) atoms. The third kappa shape index (κ3) is 4.23. The Morgan fingerprint density at radius 1 is 1.18 bits per heavy atom. The van der Waals surface area contributed by atoms with Crippen LogP contribution in [0.2, 0.25) is 5.02 Å². The van der Waals surface area contributed by atoms with Crippen LogP contribution in [0.5, 0.6) is 5.75 Å². The molecular formula is C16H14ClNO4. The first-order valence-corrected chi connectivity index (χ1v) is 6.85. The number of amides is 1. The molecule has 0 heterocycles. The van der Waals surface area contributed by atoms with Gasteiger partial charge in [-0.25, -0.2) is 4.79 Å². The van der Waals surface area contributed by atoms with E-state index in [9.17, 15) is 9.59 Å². The monoisotopic (exact) mass is 319 g/mol. The molecule has 6 heteroatoms. The second kappa shape index (κ2) is 6.95. The minimum absolute atomic E-state index is 0.151. The lowest BCUT2D eigenvalue weighted by Crippen LogP contribution is -2.20. The van der Waals surface area contributed by atoms with Gasteiger partial charge in [-0.05, 0) is 55.0 Å². The van der Waals surface area contributed by atoms with Crippen LogP contribution in [0.1, 0.15) is 15.9 Å². The zero-order valence-corrected chi connectivity index (χ0v) is 12.6. The summed E-state index contributed by atoms with van der Waals surface area (Å²) < 4.78 is 5.37. The average Bonchev–Trinajstić information content (AvgIpc) is 2.49. The molecule has 2 rings (SSSR count). The molecular weight excluding hydrogens is 306 g/mol. The standard InChI is InChI=1S/C16H14ClNO4/c1-10-8-13(6-7-14(10)17)22-9-15(19)18-12-4-2-11(3-5-12)16(20)21/h2-8H,9H2,1H3,(H,18,19)(H,20,21). The van der Waals surface area contributed by atoms with Crippen LogP contribution in [0.3, 0.4) is 0 Å². The number of aromatic carboxylic acids is 1. The number of benzene rings is 2. The molecule has 0 fully saturated rings. The predicted molar refractivity (Wildman–Crippen MR) is 83.7 cm³/mol. The van der Waals surface area contributed by atoms with Crippen LogP contribution >= 0.6 is 11.6 Å². The fraction of sp³-hybridized carbons (Fsp3) is 0.125. The van der Waals surface area contributed by atoms with E-state index < -0.39 is 5.97 Å². The second-order valence-corrected chi connectivity index (χ2v) is 5.04. The van der Waals surface area contributed by atoms with Crippen LogP contribution in [0.25, 0.3) is 0 Å². The number of nitrogens with one attached hydrogen (secondary N) is 1. The van der Waals surface area contributed by atoms with Crippen LogP contribution in [0.4, 0.5) is 5.69 Å². The lowest BCUT2D eigenvalue weighted by molar-refractivity contribution is -0.118. The quantitative estimate of drug-likeness (QED) is 0.886.